The monoisotopic (exact) mass is 290 g/mol. The summed E-state index contributed by atoms with van der Waals surface area (Å²) in [5, 5.41) is 2.71. The molecule has 3 aromatic carbocycles. The van der Waals surface area contributed by atoms with Gasteiger partial charge in [-0.15, -0.1) is 0 Å². The van der Waals surface area contributed by atoms with Gasteiger partial charge in [0.05, 0.1) is 0 Å². The smallest absolute Gasteiger partial charge is 0.0157 e. The summed E-state index contributed by atoms with van der Waals surface area (Å²) in [6, 6.07) is 33.1. The average Bonchev–Trinajstić information content (AvgIpc) is 2.60. The molecule has 0 N–H and O–H groups in total. The van der Waals surface area contributed by atoms with Gasteiger partial charge in [0, 0.05) is 0 Å². The molecule has 0 spiro atoms. The van der Waals surface area contributed by atoms with Gasteiger partial charge in [0.2, 0.25) is 0 Å². The van der Waals surface area contributed by atoms with Gasteiger partial charge < -0.3 is 0 Å². The molecule has 0 aliphatic heterocycles. The van der Waals surface area contributed by atoms with Gasteiger partial charge in [-0.25, -0.2) is 0 Å². The lowest BCUT2D eigenvalue weighted by molar-refractivity contribution is 1.72. The first kappa shape index (κ1) is 15.2. The van der Waals surface area contributed by atoms with Crippen molar-refractivity contribution >= 4 is 18.5 Å². The van der Waals surface area contributed by atoms with Crippen molar-refractivity contribution in [2.24, 2.45) is 0 Å². The highest BCUT2D eigenvalue weighted by Crippen LogP contribution is 2.33. The zero-order valence-corrected chi connectivity index (χ0v) is 12.9. The van der Waals surface area contributed by atoms with Crippen LogP contribution >= 0.6 is 7.92 Å². The van der Waals surface area contributed by atoms with E-state index in [9.17, 15) is 0 Å². The molecule has 104 valence electrons. The second-order valence-corrected chi connectivity index (χ2v) is 6.52. The van der Waals surface area contributed by atoms with E-state index in [2.05, 4.69) is 60.9 Å². The van der Waals surface area contributed by atoms with Crippen molar-refractivity contribution in [3.63, 3.8) is 0 Å². The van der Waals surface area contributed by atoms with E-state index in [4.69, 9.17) is 0 Å². The maximum atomic E-state index is 3.94. The molecule has 0 bridgehead atoms. The largest absolute Gasteiger partial charge is 0.0980 e. The first-order valence-electron chi connectivity index (χ1n) is 6.94. The second-order valence-electron chi connectivity index (χ2n) is 4.38. The van der Waals surface area contributed by atoms with Crippen molar-refractivity contribution in [2.45, 2.75) is 0 Å². The highest BCUT2D eigenvalue weighted by Gasteiger charge is 2.07. The lowest BCUT2D eigenvalue weighted by Gasteiger charge is -2.13. The van der Waals surface area contributed by atoms with E-state index >= 15 is 0 Å². The summed E-state index contributed by atoms with van der Waals surface area (Å²) in [4.78, 5) is 0. The van der Waals surface area contributed by atoms with Gasteiger partial charge in [-0.1, -0.05) is 109 Å². The fourth-order valence-corrected chi connectivity index (χ4v) is 3.63. The molecule has 3 rings (SSSR count). The van der Waals surface area contributed by atoms with E-state index in [0.717, 1.165) is 0 Å². The summed E-state index contributed by atoms with van der Waals surface area (Å²) in [5.41, 5.74) is 0. The van der Waals surface area contributed by atoms with Crippen LogP contribution in [0.1, 0.15) is 0 Å². The molecule has 1 heteroatoms. The molecule has 0 aliphatic rings. The molecule has 0 aromatic heterocycles. The Morgan fingerprint density at radius 3 is 1.10 bits per heavy atom. The van der Waals surface area contributed by atoms with Crippen molar-refractivity contribution < 1.29 is 0 Å². The third-order valence-electron chi connectivity index (χ3n) is 2.92. The minimum atomic E-state index is -0.385. The molecule has 0 fully saturated rings. The third kappa shape index (κ3) is 5.02. The molecule has 0 saturated carbocycles. The van der Waals surface area contributed by atoms with Gasteiger partial charge in [0.25, 0.3) is 0 Å². The van der Waals surface area contributed by atoms with E-state index in [1.54, 1.807) is 0 Å². The minimum Gasteiger partial charge on any atom is -0.0980 e. The third-order valence-corrected chi connectivity index (χ3v) is 4.99. The molecular weight excluding hydrogens is 271 g/mol. The van der Waals surface area contributed by atoms with Gasteiger partial charge in [-0.3, -0.25) is 0 Å². The van der Waals surface area contributed by atoms with Crippen LogP contribution in [0.4, 0.5) is 0 Å². The molecule has 0 unspecified atom stereocenters. The standard InChI is InChI=1S/C14H13P.C6H6/c1-2-15(13-9-5-3-6-10-13)14-11-7-4-8-12-14;1-2-4-6-5-3-1/h2-12H,1H2;1-6H. The van der Waals surface area contributed by atoms with Crippen LogP contribution in [0.5, 0.6) is 0 Å². The van der Waals surface area contributed by atoms with Crippen molar-refractivity contribution in [1.82, 2.24) is 0 Å². The maximum Gasteiger partial charge on any atom is -0.0157 e. The van der Waals surface area contributed by atoms with Gasteiger partial charge >= 0.3 is 0 Å². The van der Waals surface area contributed by atoms with Gasteiger partial charge in [0.1, 0.15) is 0 Å². The summed E-state index contributed by atoms with van der Waals surface area (Å²) in [6.45, 7) is 3.94. The Balaban J connectivity index is 0.000000225. The van der Waals surface area contributed by atoms with Crippen LogP contribution < -0.4 is 10.6 Å². The number of hydrogen-bond acceptors (Lipinski definition) is 0. The summed E-state index contributed by atoms with van der Waals surface area (Å²) < 4.78 is 0. The Bertz CT molecular complexity index is 552. The zero-order valence-electron chi connectivity index (χ0n) is 12.0. The van der Waals surface area contributed by atoms with Crippen LogP contribution in [-0.4, -0.2) is 0 Å². The fraction of sp³-hybridized carbons (Fsp3) is 0. The Kier molecular flexibility index (Phi) is 6.45. The fourth-order valence-electron chi connectivity index (χ4n) is 1.92. The molecule has 0 atom stereocenters. The van der Waals surface area contributed by atoms with Crippen molar-refractivity contribution in [3.8, 4) is 0 Å². The molecule has 0 heterocycles. The molecular formula is C20H19P. The molecule has 3 aromatic rings. The predicted octanol–water partition coefficient (Wildman–Crippen LogP) is 4.95. The number of hydrogen-bond donors (Lipinski definition) is 0. The second kappa shape index (κ2) is 8.89. The van der Waals surface area contributed by atoms with Crippen molar-refractivity contribution in [3.05, 3.63) is 109 Å². The van der Waals surface area contributed by atoms with E-state index in [0.29, 0.717) is 0 Å². The molecule has 21 heavy (non-hydrogen) atoms. The zero-order chi connectivity index (χ0) is 14.8. The van der Waals surface area contributed by atoms with Crippen LogP contribution in [-0.2, 0) is 0 Å². The summed E-state index contributed by atoms with van der Waals surface area (Å²) >= 11 is 0. The number of benzene rings is 3. The van der Waals surface area contributed by atoms with Gasteiger partial charge in [-0.2, -0.15) is 0 Å². The quantitative estimate of drug-likeness (QED) is 0.599. The van der Waals surface area contributed by atoms with Crippen LogP contribution in [0.2, 0.25) is 0 Å². The Labute approximate surface area is 128 Å². The van der Waals surface area contributed by atoms with E-state index in [-0.39, 0.29) is 7.92 Å². The highest BCUT2D eigenvalue weighted by atomic mass is 31.1. The highest BCUT2D eigenvalue weighted by molar-refractivity contribution is 7.75. The molecule has 0 nitrogen and oxygen atoms in total. The Hall–Kier alpha value is -2.17. The van der Waals surface area contributed by atoms with Gasteiger partial charge in [-0.05, 0) is 18.5 Å². The molecule has 0 aliphatic carbocycles. The molecule has 0 amide bonds. The molecule has 0 saturated heterocycles. The van der Waals surface area contributed by atoms with E-state index in [1.165, 1.54) is 10.6 Å². The van der Waals surface area contributed by atoms with Crippen LogP contribution in [0.15, 0.2) is 109 Å². The van der Waals surface area contributed by atoms with Crippen LogP contribution in [0, 0.1) is 0 Å². The molecule has 0 radical (unpaired) electrons. The topological polar surface area (TPSA) is 0 Å². The maximum absolute atomic E-state index is 3.94. The average molecular weight is 290 g/mol. The summed E-state index contributed by atoms with van der Waals surface area (Å²) in [5.74, 6) is 2.06. The van der Waals surface area contributed by atoms with Crippen molar-refractivity contribution in [2.75, 3.05) is 0 Å². The number of rotatable bonds is 3. The lowest BCUT2D eigenvalue weighted by Crippen LogP contribution is -2.08. The van der Waals surface area contributed by atoms with Crippen LogP contribution in [0.25, 0.3) is 0 Å². The summed E-state index contributed by atoms with van der Waals surface area (Å²) in [6.07, 6.45) is 0. The summed E-state index contributed by atoms with van der Waals surface area (Å²) in [7, 11) is -0.385. The Morgan fingerprint density at radius 2 is 0.810 bits per heavy atom. The minimum absolute atomic E-state index is 0.385. The first-order valence-corrected chi connectivity index (χ1v) is 8.35. The van der Waals surface area contributed by atoms with Gasteiger partial charge in [0.15, 0.2) is 0 Å². The predicted molar refractivity (Wildman–Crippen MR) is 95.7 cm³/mol. The Morgan fingerprint density at radius 1 is 0.524 bits per heavy atom. The van der Waals surface area contributed by atoms with E-state index < -0.39 is 0 Å². The van der Waals surface area contributed by atoms with E-state index in [1.807, 2.05) is 48.5 Å². The SMILES string of the molecule is C=CP(c1ccccc1)c1ccccc1.c1ccccc1. The van der Waals surface area contributed by atoms with Crippen LogP contribution in [0.3, 0.4) is 0 Å². The lowest BCUT2D eigenvalue weighted by atomic mass is 10.4. The normalized spacial score (nSPS) is 9.57. The van der Waals surface area contributed by atoms with Crippen molar-refractivity contribution in [1.29, 1.82) is 0 Å². The first-order chi connectivity index (χ1) is 10.4.